The summed E-state index contributed by atoms with van der Waals surface area (Å²) in [5.41, 5.74) is 1.67. The molecule has 8 heteroatoms. The number of aromatic nitrogens is 4. The number of halogens is 2. The summed E-state index contributed by atoms with van der Waals surface area (Å²) in [6, 6.07) is 13.5. The molecule has 0 radical (unpaired) electrons. The van der Waals surface area contributed by atoms with Crippen molar-refractivity contribution in [3.63, 3.8) is 0 Å². The molecule has 0 unspecified atom stereocenters. The molecule has 1 aromatic heterocycles. The molecule has 1 amide bonds. The van der Waals surface area contributed by atoms with E-state index in [4.69, 9.17) is 11.6 Å². The zero-order valence-corrected chi connectivity index (χ0v) is 15.2. The molecule has 1 saturated carbocycles. The Morgan fingerprint density at radius 2 is 1.85 bits per heavy atom. The lowest BCUT2D eigenvalue weighted by Crippen LogP contribution is -2.35. The van der Waals surface area contributed by atoms with E-state index in [1.165, 1.54) is 16.9 Å². The second kappa shape index (κ2) is 7.44. The third kappa shape index (κ3) is 4.31. The lowest BCUT2D eigenvalue weighted by molar-refractivity contribution is -0.133. The molecule has 0 bridgehead atoms. The summed E-state index contributed by atoms with van der Waals surface area (Å²) in [5.74, 6) is 0.0717. The fourth-order valence-electron chi connectivity index (χ4n) is 2.83. The largest absolute Gasteiger partial charge is 0.334 e. The van der Waals surface area contributed by atoms with Crippen molar-refractivity contribution in [3.8, 4) is 11.4 Å². The average Bonchev–Trinajstić information content (AvgIpc) is 3.40. The van der Waals surface area contributed by atoms with E-state index in [1.807, 2.05) is 0 Å². The number of tetrazole rings is 1. The fraction of sp³-hybridized carbons (Fsp3) is 0.263. The van der Waals surface area contributed by atoms with Gasteiger partial charge in [0.25, 0.3) is 0 Å². The van der Waals surface area contributed by atoms with Crippen molar-refractivity contribution in [2.75, 3.05) is 0 Å². The maximum atomic E-state index is 13.1. The predicted octanol–water partition coefficient (Wildman–Crippen LogP) is 3.32. The molecule has 1 aliphatic carbocycles. The van der Waals surface area contributed by atoms with Crippen molar-refractivity contribution in [1.29, 1.82) is 0 Å². The molecule has 1 aliphatic rings. The van der Waals surface area contributed by atoms with Gasteiger partial charge in [-0.1, -0.05) is 23.7 Å². The molecule has 0 N–H and O–H groups in total. The number of rotatable bonds is 6. The second-order valence-electron chi connectivity index (χ2n) is 6.53. The van der Waals surface area contributed by atoms with Crippen molar-refractivity contribution in [1.82, 2.24) is 25.1 Å². The maximum absolute atomic E-state index is 13.1. The first-order chi connectivity index (χ1) is 13.1. The summed E-state index contributed by atoms with van der Waals surface area (Å²) in [5, 5.41) is 12.9. The molecular weight excluding hydrogens is 369 g/mol. The quantitative estimate of drug-likeness (QED) is 0.653. The number of carbonyl (C=O) groups excluding carboxylic acids is 1. The van der Waals surface area contributed by atoms with Gasteiger partial charge in [-0.3, -0.25) is 4.79 Å². The highest BCUT2D eigenvalue weighted by molar-refractivity contribution is 6.30. The zero-order chi connectivity index (χ0) is 18.8. The van der Waals surface area contributed by atoms with Crippen molar-refractivity contribution >= 4 is 17.5 Å². The molecule has 6 nitrogen and oxygen atoms in total. The summed E-state index contributed by atoms with van der Waals surface area (Å²) < 4.78 is 13.1. The smallest absolute Gasteiger partial charge is 0.246 e. The highest BCUT2D eigenvalue weighted by Gasteiger charge is 2.32. The molecule has 0 saturated heterocycles. The first kappa shape index (κ1) is 17.6. The van der Waals surface area contributed by atoms with Crippen molar-refractivity contribution in [3.05, 3.63) is 64.9 Å². The van der Waals surface area contributed by atoms with Crippen LogP contribution in [0.4, 0.5) is 4.39 Å². The van der Waals surface area contributed by atoms with E-state index in [0.717, 1.165) is 24.0 Å². The highest BCUT2D eigenvalue weighted by atomic mass is 35.5. The molecular formula is C19H17ClFN5O. The molecule has 0 spiro atoms. The van der Waals surface area contributed by atoms with E-state index in [0.29, 0.717) is 17.4 Å². The normalized spacial score (nSPS) is 13.6. The highest BCUT2D eigenvalue weighted by Crippen LogP contribution is 2.28. The van der Waals surface area contributed by atoms with Crippen LogP contribution in [0.5, 0.6) is 0 Å². The number of nitrogens with zero attached hydrogens (tertiary/aromatic N) is 5. The number of hydrogen-bond acceptors (Lipinski definition) is 4. The molecule has 138 valence electrons. The van der Waals surface area contributed by atoms with Crippen LogP contribution in [0.3, 0.4) is 0 Å². The summed E-state index contributed by atoms with van der Waals surface area (Å²) >= 11 is 5.89. The molecule has 1 fully saturated rings. The van der Waals surface area contributed by atoms with Gasteiger partial charge in [0.1, 0.15) is 12.4 Å². The van der Waals surface area contributed by atoms with Gasteiger partial charge in [0, 0.05) is 23.2 Å². The lowest BCUT2D eigenvalue weighted by atomic mass is 10.2. The minimum atomic E-state index is -0.287. The molecule has 27 heavy (non-hydrogen) atoms. The van der Waals surface area contributed by atoms with Crippen molar-refractivity contribution < 1.29 is 9.18 Å². The predicted molar refractivity (Wildman–Crippen MR) is 98.2 cm³/mol. The minimum Gasteiger partial charge on any atom is -0.334 e. The van der Waals surface area contributed by atoms with Crippen molar-refractivity contribution in [2.45, 2.75) is 32.0 Å². The lowest BCUT2D eigenvalue weighted by Gasteiger charge is -2.22. The van der Waals surface area contributed by atoms with E-state index in [-0.39, 0.29) is 24.3 Å². The molecule has 4 rings (SSSR count). The number of amides is 1. The van der Waals surface area contributed by atoms with E-state index < -0.39 is 0 Å². The Balaban J connectivity index is 1.45. The van der Waals surface area contributed by atoms with Gasteiger partial charge >= 0.3 is 0 Å². The number of carbonyl (C=O) groups is 1. The van der Waals surface area contributed by atoms with E-state index >= 15 is 0 Å². The molecule has 0 aliphatic heterocycles. The van der Waals surface area contributed by atoms with Gasteiger partial charge in [-0.2, -0.15) is 4.80 Å². The number of benzene rings is 2. The summed E-state index contributed by atoms with van der Waals surface area (Å²) in [7, 11) is 0. The van der Waals surface area contributed by atoms with Crippen LogP contribution in [0.1, 0.15) is 18.4 Å². The Labute approximate surface area is 160 Å². The summed E-state index contributed by atoms with van der Waals surface area (Å²) in [4.78, 5) is 15.9. The van der Waals surface area contributed by atoms with Gasteiger partial charge in [-0.25, -0.2) is 4.39 Å². The minimum absolute atomic E-state index is 0.0122. The van der Waals surface area contributed by atoms with E-state index in [9.17, 15) is 9.18 Å². The average molecular weight is 386 g/mol. The third-order valence-corrected chi connectivity index (χ3v) is 4.66. The standard InChI is InChI=1S/C19H17ClFN5O/c20-15-5-3-14(4-6-15)19-22-24-26(23-19)12-18(27)25(17-9-10-17)11-13-1-7-16(21)8-2-13/h1-8,17H,9-12H2. The Morgan fingerprint density at radius 3 is 2.52 bits per heavy atom. The topological polar surface area (TPSA) is 63.9 Å². The van der Waals surface area contributed by atoms with Crippen LogP contribution < -0.4 is 0 Å². The molecule has 0 atom stereocenters. The van der Waals surface area contributed by atoms with Crippen LogP contribution in [-0.2, 0) is 17.9 Å². The summed E-state index contributed by atoms with van der Waals surface area (Å²) in [6.45, 7) is 0.459. The first-order valence-corrected chi connectivity index (χ1v) is 9.04. The molecule has 2 aromatic carbocycles. The van der Waals surface area contributed by atoms with Gasteiger partial charge in [-0.05, 0) is 60.0 Å². The SMILES string of the molecule is O=C(Cn1nnc(-c2ccc(Cl)cc2)n1)N(Cc1ccc(F)cc1)C1CC1. The van der Waals surface area contributed by atoms with Gasteiger partial charge in [-0.15, -0.1) is 10.2 Å². The zero-order valence-electron chi connectivity index (χ0n) is 14.4. The molecule has 3 aromatic rings. The van der Waals surface area contributed by atoms with Crippen LogP contribution in [0, 0.1) is 5.82 Å². The number of hydrogen-bond donors (Lipinski definition) is 0. The van der Waals surface area contributed by atoms with Crippen LogP contribution in [0.25, 0.3) is 11.4 Å². The van der Waals surface area contributed by atoms with Gasteiger partial charge in [0.05, 0.1) is 0 Å². The Kier molecular flexibility index (Phi) is 4.85. The van der Waals surface area contributed by atoms with Gasteiger partial charge in [0.2, 0.25) is 11.7 Å². The second-order valence-corrected chi connectivity index (χ2v) is 6.97. The Morgan fingerprint density at radius 1 is 1.15 bits per heavy atom. The Bertz CT molecular complexity index is 937. The van der Waals surface area contributed by atoms with Crippen LogP contribution in [-0.4, -0.2) is 37.1 Å². The Hall–Kier alpha value is -2.80. The first-order valence-electron chi connectivity index (χ1n) is 8.66. The van der Waals surface area contributed by atoms with Crippen molar-refractivity contribution in [2.24, 2.45) is 0 Å². The van der Waals surface area contributed by atoms with Crippen LogP contribution in [0.2, 0.25) is 5.02 Å². The van der Waals surface area contributed by atoms with Crippen LogP contribution >= 0.6 is 11.6 Å². The maximum Gasteiger partial charge on any atom is 0.246 e. The van der Waals surface area contributed by atoms with Gasteiger partial charge < -0.3 is 4.90 Å². The van der Waals surface area contributed by atoms with E-state index in [2.05, 4.69) is 15.4 Å². The monoisotopic (exact) mass is 385 g/mol. The van der Waals surface area contributed by atoms with Gasteiger partial charge in [0.15, 0.2) is 0 Å². The van der Waals surface area contributed by atoms with Crippen LogP contribution in [0.15, 0.2) is 48.5 Å². The summed E-state index contributed by atoms with van der Waals surface area (Å²) in [6.07, 6.45) is 1.96. The molecule has 1 heterocycles. The third-order valence-electron chi connectivity index (χ3n) is 4.41. The van der Waals surface area contributed by atoms with E-state index in [1.54, 1.807) is 41.3 Å². The fourth-order valence-corrected chi connectivity index (χ4v) is 2.96.